The lowest BCUT2D eigenvalue weighted by Gasteiger charge is -2.34. The Balaban J connectivity index is 1.71. The summed E-state index contributed by atoms with van der Waals surface area (Å²) in [4.78, 5) is 18.6. The van der Waals surface area contributed by atoms with Gasteiger partial charge in [-0.05, 0) is 33.2 Å². The molecule has 1 aliphatic rings. The van der Waals surface area contributed by atoms with E-state index in [0.29, 0.717) is 6.04 Å². The van der Waals surface area contributed by atoms with E-state index in [-0.39, 0.29) is 0 Å². The third-order valence-corrected chi connectivity index (χ3v) is 5.43. The second-order valence-corrected chi connectivity index (χ2v) is 6.83. The zero-order valence-corrected chi connectivity index (χ0v) is 14.3. The minimum atomic E-state index is 0.419. The molecule has 3 rings (SSSR count). The molecule has 1 N–H and O–H groups in total. The number of hydrogen-bond acceptors (Lipinski definition) is 5. The molecule has 6 heteroatoms. The van der Waals surface area contributed by atoms with Gasteiger partial charge in [0, 0.05) is 43.1 Å². The molecule has 120 valence electrons. The van der Waals surface area contributed by atoms with Crippen LogP contribution in [0, 0.1) is 0 Å². The lowest BCUT2D eigenvalue weighted by atomic mass is 10.0. The summed E-state index contributed by atoms with van der Waals surface area (Å²) in [6.45, 7) is 8.52. The van der Waals surface area contributed by atoms with Crippen LogP contribution in [0.5, 0.6) is 0 Å². The third kappa shape index (κ3) is 3.33. The summed E-state index contributed by atoms with van der Waals surface area (Å²) in [5.41, 5.74) is 0. The van der Waals surface area contributed by atoms with Gasteiger partial charge >= 0.3 is 0 Å². The fourth-order valence-electron chi connectivity index (χ4n) is 3.16. The van der Waals surface area contributed by atoms with Crippen LogP contribution in [0.4, 0.5) is 5.13 Å². The van der Waals surface area contributed by atoms with Crippen molar-refractivity contribution >= 4 is 16.5 Å². The number of hydrogen-bond donors (Lipinski definition) is 1. The minimum absolute atomic E-state index is 0.419. The number of rotatable bonds is 6. The smallest absolute Gasteiger partial charge is 0.185 e. The van der Waals surface area contributed by atoms with Crippen LogP contribution in [-0.4, -0.2) is 39.5 Å². The molecular weight excluding hydrogens is 294 g/mol. The Hall–Kier alpha value is -1.40. The number of imidazole rings is 1. The van der Waals surface area contributed by atoms with E-state index in [1.807, 2.05) is 29.9 Å². The number of aromatic amines is 1. The highest BCUT2D eigenvalue weighted by atomic mass is 32.1. The van der Waals surface area contributed by atoms with Crippen LogP contribution >= 0.6 is 11.3 Å². The van der Waals surface area contributed by atoms with Crippen molar-refractivity contribution in [3.63, 3.8) is 0 Å². The van der Waals surface area contributed by atoms with Gasteiger partial charge in [-0.3, -0.25) is 4.90 Å². The average Bonchev–Trinajstić information content (AvgIpc) is 3.21. The van der Waals surface area contributed by atoms with Crippen molar-refractivity contribution in [1.82, 2.24) is 19.9 Å². The highest BCUT2D eigenvalue weighted by Gasteiger charge is 2.26. The lowest BCUT2D eigenvalue weighted by molar-refractivity contribution is 0.135. The number of nitrogens with one attached hydrogen (secondary N) is 1. The molecule has 0 saturated carbocycles. The van der Waals surface area contributed by atoms with Gasteiger partial charge in [0.25, 0.3) is 0 Å². The van der Waals surface area contributed by atoms with Crippen molar-refractivity contribution in [2.24, 2.45) is 0 Å². The summed E-state index contributed by atoms with van der Waals surface area (Å²) >= 11 is 1.83. The first-order chi connectivity index (χ1) is 10.8. The molecule has 22 heavy (non-hydrogen) atoms. The van der Waals surface area contributed by atoms with Crippen LogP contribution in [-0.2, 0) is 6.54 Å². The van der Waals surface area contributed by atoms with Gasteiger partial charge in [-0.1, -0.05) is 6.42 Å². The highest BCUT2D eigenvalue weighted by molar-refractivity contribution is 7.15. The Morgan fingerprint density at radius 2 is 2.18 bits per heavy atom. The van der Waals surface area contributed by atoms with Gasteiger partial charge in [-0.15, -0.1) is 11.3 Å². The van der Waals surface area contributed by atoms with Crippen LogP contribution < -0.4 is 4.90 Å². The summed E-state index contributed by atoms with van der Waals surface area (Å²) in [5.74, 6) is 1.10. The van der Waals surface area contributed by atoms with E-state index in [1.54, 1.807) is 0 Å². The van der Waals surface area contributed by atoms with Crippen molar-refractivity contribution < 1.29 is 0 Å². The van der Waals surface area contributed by atoms with E-state index in [2.05, 4.69) is 38.6 Å². The van der Waals surface area contributed by atoms with Crippen molar-refractivity contribution in [2.45, 2.75) is 45.7 Å². The first-order valence-electron chi connectivity index (χ1n) is 8.24. The quantitative estimate of drug-likeness (QED) is 0.886. The van der Waals surface area contributed by atoms with Gasteiger partial charge in [-0.25, -0.2) is 9.97 Å². The van der Waals surface area contributed by atoms with E-state index < -0.39 is 0 Å². The predicted molar refractivity (Wildman–Crippen MR) is 91.3 cm³/mol. The van der Waals surface area contributed by atoms with Crippen molar-refractivity contribution in [3.05, 3.63) is 29.3 Å². The molecule has 0 unspecified atom stereocenters. The number of aromatic nitrogens is 3. The Bertz CT molecular complexity index is 561. The molecule has 1 atom stereocenters. The van der Waals surface area contributed by atoms with Crippen LogP contribution in [0.3, 0.4) is 0 Å². The van der Waals surface area contributed by atoms with Gasteiger partial charge in [0.1, 0.15) is 5.82 Å². The van der Waals surface area contributed by atoms with Crippen LogP contribution in [0.1, 0.15) is 49.9 Å². The standard InChI is InChI=1S/C16H25N5S/c1-3-20(4-2)16-19-11-13(22-16)12-21-10-6-5-7-14(21)15-17-8-9-18-15/h8-9,11,14H,3-7,10,12H2,1-2H3,(H,17,18)/t14-/m0/s1. The maximum atomic E-state index is 4.61. The van der Waals surface area contributed by atoms with E-state index in [4.69, 9.17) is 0 Å². The molecular formula is C16H25N5S. The van der Waals surface area contributed by atoms with Gasteiger partial charge < -0.3 is 9.88 Å². The topological polar surface area (TPSA) is 48.1 Å². The number of piperidine rings is 1. The molecule has 0 amide bonds. The zero-order chi connectivity index (χ0) is 15.4. The molecule has 1 saturated heterocycles. The van der Waals surface area contributed by atoms with Gasteiger partial charge in [0.15, 0.2) is 5.13 Å². The van der Waals surface area contributed by atoms with Crippen LogP contribution in [0.2, 0.25) is 0 Å². The van der Waals surface area contributed by atoms with Gasteiger partial charge in [-0.2, -0.15) is 0 Å². The average molecular weight is 319 g/mol. The molecule has 0 aliphatic carbocycles. The Morgan fingerprint density at radius 3 is 2.91 bits per heavy atom. The summed E-state index contributed by atoms with van der Waals surface area (Å²) in [6, 6.07) is 0.419. The van der Waals surface area contributed by atoms with E-state index in [9.17, 15) is 0 Å². The SMILES string of the molecule is CCN(CC)c1ncc(CN2CCCC[C@H]2c2ncc[nH]2)s1. The number of nitrogens with zero attached hydrogens (tertiary/aromatic N) is 4. The number of H-pyrrole nitrogens is 1. The van der Waals surface area contributed by atoms with Crippen molar-refractivity contribution in [1.29, 1.82) is 0 Å². The van der Waals surface area contributed by atoms with Crippen molar-refractivity contribution in [2.75, 3.05) is 24.5 Å². The van der Waals surface area contributed by atoms with E-state index >= 15 is 0 Å². The lowest BCUT2D eigenvalue weighted by Crippen LogP contribution is -2.33. The zero-order valence-electron chi connectivity index (χ0n) is 13.5. The molecule has 0 bridgehead atoms. The van der Waals surface area contributed by atoms with Crippen LogP contribution in [0.25, 0.3) is 0 Å². The fourth-order valence-corrected chi connectivity index (χ4v) is 4.22. The maximum absolute atomic E-state index is 4.61. The molecule has 2 aromatic heterocycles. The van der Waals surface area contributed by atoms with Gasteiger partial charge in [0.05, 0.1) is 6.04 Å². The second kappa shape index (κ2) is 7.24. The summed E-state index contributed by atoms with van der Waals surface area (Å²) in [5, 5.41) is 1.14. The monoisotopic (exact) mass is 319 g/mol. The summed E-state index contributed by atoms with van der Waals surface area (Å²) < 4.78 is 0. The molecule has 0 radical (unpaired) electrons. The number of likely N-dealkylation sites (tertiary alicyclic amines) is 1. The van der Waals surface area contributed by atoms with Crippen molar-refractivity contribution in [3.8, 4) is 0 Å². The molecule has 0 aromatic carbocycles. The van der Waals surface area contributed by atoms with Crippen LogP contribution in [0.15, 0.2) is 18.6 Å². The first kappa shape index (κ1) is 15.5. The first-order valence-corrected chi connectivity index (χ1v) is 9.06. The normalized spacial score (nSPS) is 19.5. The third-order valence-electron chi connectivity index (χ3n) is 4.38. The Morgan fingerprint density at radius 1 is 1.32 bits per heavy atom. The summed E-state index contributed by atoms with van der Waals surface area (Å²) in [7, 11) is 0. The second-order valence-electron chi connectivity index (χ2n) is 5.74. The number of anilines is 1. The number of thiazole rings is 1. The molecule has 1 fully saturated rings. The van der Waals surface area contributed by atoms with E-state index in [1.165, 1.54) is 24.1 Å². The Kier molecular flexibility index (Phi) is 5.10. The Labute approximate surface area is 136 Å². The van der Waals surface area contributed by atoms with E-state index in [0.717, 1.165) is 37.1 Å². The molecule has 5 nitrogen and oxygen atoms in total. The maximum Gasteiger partial charge on any atom is 0.185 e. The molecule has 3 heterocycles. The molecule has 0 spiro atoms. The fraction of sp³-hybridized carbons (Fsp3) is 0.625. The molecule has 2 aromatic rings. The molecule has 1 aliphatic heterocycles. The predicted octanol–water partition coefficient (Wildman–Crippen LogP) is 3.44. The minimum Gasteiger partial charge on any atom is -0.349 e. The van der Waals surface area contributed by atoms with Gasteiger partial charge in [0.2, 0.25) is 0 Å². The largest absolute Gasteiger partial charge is 0.349 e. The summed E-state index contributed by atoms with van der Waals surface area (Å²) in [6.07, 6.45) is 9.58. The highest BCUT2D eigenvalue weighted by Crippen LogP contribution is 2.32.